The number of phenols is 1. The van der Waals surface area contributed by atoms with E-state index in [0.717, 1.165) is 11.3 Å². The smallest absolute Gasteiger partial charge is 0.326 e. The van der Waals surface area contributed by atoms with Crippen molar-refractivity contribution in [3.8, 4) is 5.75 Å². The lowest BCUT2D eigenvalue weighted by Crippen LogP contribution is -2.65. The van der Waals surface area contributed by atoms with Gasteiger partial charge in [-0.2, -0.15) is 0 Å². The van der Waals surface area contributed by atoms with Gasteiger partial charge in [0.2, 0.25) is 23.6 Å². The van der Waals surface area contributed by atoms with Crippen LogP contribution in [-0.2, 0) is 36.8 Å². The molecule has 0 spiro atoms. The van der Waals surface area contributed by atoms with E-state index < -0.39 is 58.8 Å². The number of carboxylic acids is 1. The minimum absolute atomic E-state index is 0.0107. The highest BCUT2D eigenvalue weighted by molar-refractivity contribution is 6.18. The number of hydrogen-bond donors (Lipinski definition) is 6. The highest BCUT2D eigenvalue weighted by Gasteiger charge is 2.40. The summed E-state index contributed by atoms with van der Waals surface area (Å²) in [5, 5.41) is 30.5. The normalized spacial score (nSPS) is 13.2. The first-order chi connectivity index (χ1) is 26.8. The van der Waals surface area contributed by atoms with Crippen LogP contribution in [0.4, 0.5) is 5.69 Å². The molecule has 0 aliphatic heterocycles. The summed E-state index contributed by atoms with van der Waals surface area (Å²) in [4.78, 5) is 71.3. The molecule has 0 saturated carbocycles. The van der Waals surface area contributed by atoms with Crippen molar-refractivity contribution in [3.05, 3.63) is 85.0 Å². The number of nitrogens with zero attached hydrogens (tertiary/aromatic N) is 2. The van der Waals surface area contributed by atoms with Crippen molar-refractivity contribution in [1.29, 1.82) is 0 Å². The van der Waals surface area contributed by atoms with Crippen molar-refractivity contribution in [1.82, 2.24) is 26.2 Å². The Kier molecular flexibility index (Phi) is 19.6. The van der Waals surface area contributed by atoms with E-state index in [-0.39, 0.29) is 30.9 Å². The van der Waals surface area contributed by atoms with Crippen LogP contribution in [0, 0.1) is 5.92 Å². The summed E-state index contributed by atoms with van der Waals surface area (Å²) >= 11 is 12.0. The molecule has 6 N–H and O–H groups in total. The Hall–Kier alpha value is -4.59. The number of aromatic hydroxyl groups is 1. The highest BCUT2D eigenvalue weighted by atomic mass is 35.5. The lowest BCUT2D eigenvalue weighted by Gasteiger charge is -2.35. The molecule has 4 amide bonds. The molecule has 0 unspecified atom stereocenters. The second-order valence-electron chi connectivity index (χ2n) is 15.4. The summed E-state index contributed by atoms with van der Waals surface area (Å²) in [6.07, 6.45) is 3.76. The molecule has 3 atom stereocenters. The zero-order valence-corrected chi connectivity index (χ0v) is 35.5. The van der Waals surface area contributed by atoms with Crippen LogP contribution in [0.15, 0.2) is 73.8 Å². The van der Waals surface area contributed by atoms with Crippen LogP contribution in [0.5, 0.6) is 5.75 Å². The van der Waals surface area contributed by atoms with E-state index in [1.807, 2.05) is 35.8 Å². The van der Waals surface area contributed by atoms with Gasteiger partial charge in [-0.3, -0.25) is 24.1 Å². The molecule has 314 valence electrons. The summed E-state index contributed by atoms with van der Waals surface area (Å²) in [5.74, 6) is -2.91. The van der Waals surface area contributed by atoms with Crippen LogP contribution < -0.4 is 26.2 Å². The molecule has 0 aromatic heterocycles. The molecule has 0 radical (unpaired) electrons. The summed E-state index contributed by atoms with van der Waals surface area (Å²) < 4.78 is 0. The average Bonchev–Trinajstić information content (AvgIpc) is 3.13. The SMILES string of the molecule is C=CCN(CC=C)[C@@H](Cc1ccc(O)cc1)C(=O)NC(C)(C)C(=O)NC(C)(C)C(=O)N[C@@H](Cc1ccc(N(CCCl)CCCl)cc1)C(=O)N[C@@H](CC(C)C)C(=O)O. The fourth-order valence-corrected chi connectivity index (χ4v) is 6.42. The molecule has 0 saturated heterocycles. The molecule has 15 heteroatoms. The van der Waals surface area contributed by atoms with E-state index in [1.54, 1.807) is 36.4 Å². The lowest BCUT2D eigenvalue weighted by atomic mass is 9.96. The van der Waals surface area contributed by atoms with Crippen LogP contribution >= 0.6 is 23.2 Å². The van der Waals surface area contributed by atoms with Gasteiger partial charge in [0.05, 0.1) is 6.04 Å². The number of halogens is 2. The maximum Gasteiger partial charge on any atom is 0.326 e. The van der Waals surface area contributed by atoms with Gasteiger partial charge in [-0.05, 0) is 81.8 Å². The average molecular weight is 832 g/mol. The zero-order chi connectivity index (χ0) is 42.9. The lowest BCUT2D eigenvalue weighted by molar-refractivity contribution is -0.143. The van der Waals surface area contributed by atoms with Gasteiger partial charge in [0, 0.05) is 50.0 Å². The number of anilines is 1. The molecule has 0 aliphatic carbocycles. The minimum Gasteiger partial charge on any atom is -0.508 e. The number of carbonyl (C=O) groups is 5. The largest absolute Gasteiger partial charge is 0.508 e. The Balaban J connectivity index is 2.34. The molecule has 0 bridgehead atoms. The molecule has 0 heterocycles. The second kappa shape index (κ2) is 23.0. The second-order valence-corrected chi connectivity index (χ2v) is 16.2. The maximum atomic E-state index is 13.9. The van der Waals surface area contributed by atoms with Gasteiger partial charge >= 0.3 is 5.97 Å². The van der Waals surface area contributed by atoms with Gasteiger partial charge in [0.25, 0.3) is 0 Å². The minimum atomic E-state index is -1.60. The van der Waals surface area contributed by atoms with Crippen molar-refractivity contribution in [3.63, 3.8) is 0 Å². The monoisotopic (exact) mass is 830 g/mol. The summed E-state index contributed by atoms with van der Waals surface area (Å²) in [5.41, 5.74) is -0.785. The third kappa shape index (κ3) is 15.7. The molecule has 2 aromatic rings. The Morgan fingerprint density at radius 2 is 1.25 bits per heavy atom. The highest BCUT2D eigenvalue weighted by Crippen LogP contribution is 2.19. The number of benzene rings is 2. The molecule has 2 rings (SSSR count). The van der Waals surface area contributed by atoms with E-state index in [0.29, 0.717) is 43.5 Å². The van der Waals surface area contributed by atoms with E-state index >= 15 is 0 Å². The molecule has 2 aromatic carbocycles. The molecule has 0 aliphatic rings. The Labute approximate surface area is 347 Å². The molecular weight excluding hydrogens is 771 g/mol. The molecular formula is C42H60Cl2N6O7. The van der Waals surface area contributed by atoms with Crippen molar-refractivity contribution in [2.45, 2.75) is 90.0 Å². The topological polar surface area (TPSA) is 180 Å². The fourth-order valence-electron chi connectivity index (χ4n) is 6.01. The number of carboxylic acid groups (broad SMARTS) is 1. The fraction of sp³-hybridized carbons (Fsp3) is 0.500. The van der Waals surface area contributed by atoms with Gasteiger partial charge in [-0.25, -0.2) is 4.79 Å². The van der Waals surface area contributed by atoms with Gasteiger partial charge in [-0.1, -0.05) is 50.3 Å². The first kappa shape index (κ1) is 48.6. The number of amides is 4. The van der Waals surface area contributed by atoms with Gasteiger partial charge in [0.1, 0.15) is 28.9 Å². The van der Waals surface area contributed by atoms with Gasteiger partial charge in [0.15, 0.2) is 0 Å². The number of phenolic OH excluding ortho intramolecular Hbond substituents is 1. The van der Waals surface area contributed by atoms with Crippen molar-refractivity contribution >= 4 is 58.5 Å². The van der Waals surface area contributed by atoms with E-state index in [2.05, 4.69) is 34.4 Å². The first-order valence-corrected chi connectivity index (χ1v) is 20.0. The molecule has 0 fully saturated rings. The summed E-state index contributed by atoms with van der Waals surface area (Å²) in [7, 11) is 0. The van der Waals surface area contributed by atoms with E-state index in [1.165, 1.54) is 39.8 Å². The van der Waals surface area contributed by atoms with E-state index in [4.69, 9.17) is 23.2 Å². The third-order valence-corrected chi connectivity index (χ3v) is 9.56. The van der Waals surface area contributed by atoms with Crippen molar-refractivity contribution < 1.29 is 34.2 Å². The van der Waals surface area contributed by atoms with E-state index in [9.17, 15) is 34.2 Å². The van der Waals surface area contributed by atoms with Crippen LogP contribution in [0.2, 0.25) is 0 Å². The number of aliphatic carboxylic acids is 1. The number of rotatable bonds is 25. The number of alkyl halides is 2. The predicted molar refractivity (Wildman–Crippen MR) is 227 cm³/mol. The Bertz CT molecular complexity index is 1650. The Morgan fingerprint density at radius 3 is 1.74 bits per heavy atom. The predicted octanol–water partition coefficient (Wildman–Crippen LogP) is 4.39. The maximum absolute atomic E-state index is 13.9. The van der Waals surface area contributed by atoms with Crippen LogP contribution in [0.25, 0.3) is 0 Å². The van der Waals surface area contributed by atoms with Crippen molar-refractivity contribution in [2.75, 3.05) is 42.8 Å². The third-order valence-electron chi connectivity index (χ3n) is 9.23. The van der Waals surface area contributed by atoms with Crippen LogP contribution in [0.1, 0.15) is 59.1 Å². The number of carbonyl (C=O) groups excluding carboxylic acids is 4. The van der Waals surface area contributed by atoms with Gasteiger partial charge in [-0.15, -0.1) is 36.4 Å². The first-order valence-electron chi connectivity index (χ1n) is 19.0. The van der Waals surface area contributed by atoms with Crippen molar-refractivity contribution in [2.24, 2.45) is 5.92 Å². The zero-order valence-electron chi connectivity index (χ0n) is 33.9. The van der Waals surface area contributed by atoms with Gasteiger partial charge < -0.3 is 36.4 Å². The standard InChI is InChI=1S/C42H60Cl2N6O7/c1-9-21-50(22-10-2)35(27-30-13-17-32(51)18-14-30)37(53)47-42(7,8)40(57)48-41(5,6)39(56)46-33(36(52)45-34(38(54)55)25-28(3)4)26-29-11-15-31(16-12-29)49(23-19-43)24-20-44/h9-18,28,33-35,51H,1-2,19-27H2,3-8H3,(H,45,52)(H,46,56)(H,47,53)(H,48,57)(H,54,55)/t33-,34-,35-/m0/s1. The summed E-state index contributed by atoms with van der Waals surface area (Å²) in [6, 6.07) is 10.6. The number of hydrogen-bond acceptors (Lipinski definition) is 8. The van der Waals surface area contributed by atoms with Crippen LogP contribution in [0.3, 0.4) is 0 Å². The number of nitrogens with one attached hydrogen (secondary N) is 4. The molecule has 13 nitrogen and oxygen atoms in total. The van der Waals surface area contributed by atoms with Crippen LogP contribution in [-0.4, -0.2) is 112 Å². The molecule has 57 heavy (non-hydrogen) atoms. The quantitative estimate of drug-likeness (QED) is 0.0625. The summed E-state index contributed by atoms with van der Waals surface area (Å²) in [6.45, 7) is 19.1. The Morgan fingerprint density at radius 1 is 0.737 bits per heavy atom.